The average Bonchev–Trinajstić information content (AvgIpc) is 3.37. The molecule has 0 radical (unpaired) electrons. The molecule has 1 aliphatic heterocycles. The van der Waals surface area contributed by atoms with Gasteiger partial charge < -0.3 is 24.6 Å². The van der Waals surface area contributed by atoms with Crippen LogP contribution in [0.5, 0.6) is 5.75 Å². The van der Waals surface area contributed by atoms with Crippen molar-refractivity contribution >= 4 is 11.8 Å². The summed E-state index contributed by atoms with van der Waals surface area (Å²) in [6, 6.07) is 10.5. The number of ether oxygens (including phenoxy) is 1. The molecule has 4 rings (SSSR count). The Morgan fingerprint density at radius 3 is 2.88 bits per heavy atom. The van der Waals surface area contributed by atoms with Crippen molar-refractivity contribution in [2.45, 2.75) is 25.3 Å². The van der Waals surface area contributed by atoms with Gasteiger partial charge in [-0.25, -0.2) is 0 Å². The van der Waals surface area contributed by atoms with Crippen LogP contribution in [-0.2, 0) is 4.79 Å². The highest BCUT2D eigenvalue weighted by Gasteiger charge is 2.32. The van der Waals surface area contributed by atoms with E-state index in [-0.39, 0.29) is 43.4 Å². The molecular formula is C23H25N5O5. The summed E-state index contributed by atoms with van der Waals surface area (Å²) in [6.45, 7) is 0.507. The van der Waals surface area contributed by atoms with E-state index < -0.39 is 0 Å². The van der Waals surface area contributed by atoms with Crippen LogP contribution in [0, 0.1) is 0 Å². The van der Waals surface area contributed by atoms with Crippen molar-refractivity contribution in [3.63, 3.8) is 0 Å². The molecular weight excluding hydrogens is 426 g/mol. The van der Waals surface area contributed by atoms with Crippen molar-refractivity contribution in [2.75, 3.05) is 26.3 Å². The second kappa shape index (κ2) is 10.7. The Labute approximate surface area is 190 Å². The summed E-state index contributed by atoms with van der Waals surface area (Å²) in [7, 11) is 0. The highest BCUT2D eigenvalue weighted by Crippen LogP contribution is 2.31. The summed E-state index contributed by atoms with van der Waals surface area (Å²) in [5, 5.41) is 15.5. The summed E-state index contributed by atoms with van der Waals surface area (Å²) in [5.74, 6) is 0.757. The van der Waals surface area contributed by atoms with Crippen molar-refractivity contribution in [3.05, 3.63) is 60.2 Å². The molecule has 1 aromatic carbocycles. The van der Waals surface area contributed by atoms with Crippen LogP contribution in [0.3, 0.4) is 0 Å². The number of piperidine rings is 1. The first-order chi connectivity index (χ1) is 16.2. The van der Waals surface area contributed by atoms with E-state index in [9.17, 15) is 9.59 Å². The number of nitrogens with one attached hydrogen (secondary N) is 1. The summed E-state index contributed by atoms with van der Waals surface area (Å²) >= 11 is 0. The molecule has 2 N–H and O–H groups in total. The fraction of sp³-hybridized carbons (Fsp3) is 0.348. The van der Waals surface area contributed by atoms with E-state index in [1.165, 1.54) is 12.4 Å². The Morgan fingerprint density at radius 1 is 1.21 bits per heavy atom. The smallest absolute Gasteiger partial charge is 0.261 e. The maximum absolute atomic E-state index is 12.9. The van der Waals surface area contributed by atoms with E-state index in [1.807, 2.05) is 18.2 Å². The number of carbonyl (C=O) groups is 2. The van der Waals surface area contributed by atoms with Crippen molar-refractivity contribution in [1.82, 2.24) is 25.3 Å². The number of aliphatic hydroxyl groups is 1. The molecule has 10 heteroatoms. The van der Waals surface area contributed by atoms with Crippen LogP contribution in [0.2, 0.25) is 0 Å². The number of rotatable bonds is 8. The van der Waals surface area contributed by atoms with Gasteiger partial charge in [-0.05, 0) is 37.5 Å². The Bertz CT molecular complexity index is 1090. The standard InChI is InChI=1S/C23H25N5O5/c29-11-9-25-22(31)17-12-16(13-24-14-17)21-26-23(33-27-21)19-8-4-5-10-28(19)20(30)15-32-18-6-2-1-3-7-18/h1-3,6-7,12-14,19,29H,4-5,8-11,15H2,(H,25,31). The van der Waals surface area contributed by atoms with E-state index in [4.69, 9.17) is 14.4 Å². The third kappa shape index (κ3) is 5.53. The summed E-state index contributed by atoms with van der Waals surface area (Å²) < 4.78 is 11.1. The molecule has 1 aliphatic rings. The van der Waals surface area contributed by atoms with Gasteiger partial charge in [-0.1, -0.05) is 23.4 Å². The Morgan fingerprint density at radius 2 is 2.06 bits per heavy atom. The van der Waals surface area contributed by atoms with E-state index in [1.54, 1.807) is 23.1 Å². The second-order valence-electron chi connectivity index (χ2n) is 7.60. The van der Waals surface area contributed by atoms with E-state index >= 15 is 0 Å². The first kappa shape index (κ1) is 22.4. The summed E-state index contributed by atoms with van der Waals surface area (Å²) in [6.07, 6.45) is 5.50. The number of benzene rings is 1. The Balaban J connectivity index is 1.47. The van der Waals surface area contributed by atoms with E-state index in [0.717, 1.165) is 12.8 Å². The highest BCUT2D eigenvalue weighted by atomic mass is 16.5. The minimum Gasteiger partial charge on any atom is -0.484 e. The van der Waals surface area contributed by atoms with Crippen LogP contribution in [-0.4, -0.2) is 63.2 Å². The zero-order chi connectivity index (χ0) is 23.0. The minimum atomic E-state index is -0.357. The van der Waals surface area contributed by atoms with Gasteiger partial charge in [-0.3, -0.25) is 14.6 Å². The number of amides is 2. The topological polar surface area (TPSA) is 131 Å². The molecule has 0 saturated carbocycles. The number of hydrogen-bond acceptors (Lipinski definition) is 8. The maximum Gasteiger partial charge on any atom is 0.261 e. The molecule has 0 bridgehead atoms. The molecule has 2 aromatic heterocycles. The Hall–Kier alpha value is -3.79. The first-order valence-electron chi connectivity index (χ1n) is 10.8. The molecule has 33 heavy (non-hydrogen) atoms. The van der Waals surface area contributed by atoms with Gasteiger partial charge in [0.05, 0.1) is 12.2 Å². The van der Waals surface area contributed by atoms with Crippen molar-refractivity contribution in [2.24, 2.45) is 0 Å². The van der Waals surface area contributed by atoms with Crippen LogP contribution in [0.1, 0.15) is 41.6 Å². The Kier molecular flexibility index (Phi) is 7.26. The second-order valence-corrected chi connectivity index (χ2v) is 7.60. The van der Waals surface area contributed by atoms with Crippen LogP contribution < -0.4 is 10.1 Å². The summed E-state index contributed by atoms with van der Waals surface area (Å²) in [5.41, 5.74) is 0.836. The minimum absolute atomic E-state index is 0.0730. The zero-order valence-electron chi connectivity index (χ0n) is 18.0. The highest BCUT2D eigenvalue weighted by molar-refractivity contribution is 5.94. The number of pyridine rings is 1. The van der Waals surface area contributed by atoms with Gasteiger partial charge in [0.25, 0.3) is 11.8 Å². The molecule has 10 nitrogen and oxygen atoms in total. The van der Waals surface area contributed by atoms with Gasteiger partial charge >= 0.3 is 0 Å². The lowest BCUT2D eigenvalue weighted by Gasteiger charge is -2.33. The monoisotopic (exact) mass is 451 g/mol. The SMILES string of the molecule is O=C(NCCO)c1cncc(-c2noc(C3CCCCN3C(=O)COc3ccccc3)n2)c1. The molecule has 1 fully saturated rings. The number of carbonyl (C=O) groups excluding carboxylic acids is 2. The van der Waals surface area contributed by atoms with Crippen LogP contribution >= 0.6 is 0 Å². The molecule has 2 amide bonds. The fourth-order valence-electron chi connectivity index (χ4n) is 3.68. The zero-order valence-corrected chi connectivity index (χ0v) is 18.0. The van der Waals surface area contributed by atoms with Gasteiger partial charge in [0, 0.05) is 31.0 Å². The average molecular weight is 451 g/mol. The fourth-order valence-corrected chi connectivity index (χ4v) is 3.68. The normalized spacial score (nSPS) is 15.8. The largest absolute Gasteiger partial charge is 0.484 e. The molecule has 3 aromatic rings. The number of aromatic nitrogens is 3. The van der Waals surface area contributed by atoms with E-state index in [0.29, 0.717) is 35.7 Å². The number of likely N-dealkylation sites (tertiary alicyclic amines) is 1. The van der Waals surface area contributed by atoms with Crippen molar-refractivity contribution in [3.8, 4) is 17.1 Å². The molecule has 1 saturated heterocycles. The van der Waals surface area contributed by atoms with Crippen LogP contribution in [0.4, 0.5) is 0 Å². The molecule has 1 unspecified atom stereocenters. The molecule has 172 valence electrons. The van der Waals surface area contributed by atoms with Gasteiger partial charge in [-0.15, -0.1) is 0 Å². The molecule has 3 heterocycles. The number of hydrogen-bond donors (Lipinski definition) is 2. The first-order valence-corrected chi connectivity index (χ1v) is 10.8. The number of para-hydroxylation sites is 1. The number of nitrogens with zero attached hydrogens (tertiary/aromatic N) is 4. The van der Waals surface area contributed by atoms with Gasteiger partial charge in [0.1, 0.15) is 11.8 Å². The van der Waals surface area contributed by atoms with Crippen molar-refractivity contribution < 1.29 is 24.0 Å². The molecule has 1 atom stereocenters. The lowest BCUT2D eigenvalue weighted by atomic mass is 10.0. The van der Waals surface area contributed by atoms with E-state index in [2.05, 4.69) is 20.4 Å². The van der Waals surface area contributed by atoms with Crippen LogP contribution in [0.25, 0.3) is 11.4 Å². The number of aliphatic hydroxyl groups excluding tert-OH is 1. The lowest BCUT2D eigenvalue weighted by Crippen LogP contribution is -2.41. The summed E-state index contributed by atoms with van der Waals surface area (Å²) in [4.78, 5) is 35.3. The van der Waals surface area contributed by atoms with Crippen molar-refractivity contribution in [1.29, 1.82) is 0 Å². The van der Waals surface area contributed by atoms with Gasteiger partial charge in [0.2, 0.25) is 11.7 Å². The van der Waals surface area contributed by atoms with Gasteiger partial charge in [-0.2, -0.15) is 4.98 Å². The third-order valence-electron chi connectivity index (χ3n) is 5.31. The van der Waals surface area contributed by atoms with Gasteiger partial charge in [0.15, 0.2) is 6.61 Å². The lowest BCUT2D eigenvalue weighted by molar-refractivity contribution is -0.138. The third-order valence-corrected chi connectivity index (χ3v) is 5.31. The molecule has 0 spiro atoms. The quantitative estimate of drug-likeness (QED) is 0.532. The maximum atomic E-state index is 12.9. The van der Waals surface area contributed by atoms with Crippen LogP contribution in [0.15, 0.2) is 53.3 Å². The predicted octanol–water partition coefficient (Wildman–Crippen LogP) is 1.99. The molecule has 0 aliphatic carbocycles. The predicted molar refractivity (Wildman–Crippen MR) is 117 cm³/mol.